The van der Waals surface area contributed by atoms with Crippen LogP contribution in [-0.2, 0) is 0 Å². The van der Waals surface area contributed by atoms with E-state index >= 15 is 0 Å². The number of benzene rings is 2. The van der Waals surface area contributed by atoms with Crippen LogP contribution in [0.25, 0.3) is 0 Å². The second-order valence-electron chi connectivity index (χ2n) is 5.47. The van der Waals surface area contributed by atoms with Gasteiger partial charge < -0.3 is 5.73 Å². The van der Waals surface area contributed by atoms with Crippen molar-refractivity contribution in [1.29, 1.82) is 0 Å². The Morgan fingerprint density at radius 3 is 1.71 bits per heavy atom. The molecule has 1 nitrogen and oxygen atoms in total. The third-order valence-corrected chi connectivity index (χ3v) is 4.00. The minimum absolute atomic E-state index is 0. The van der Waals surface area contributed by atoms with E-state index in [-0.39, 0.29) is 24.0 Å². The zero-order valence-corrected chi connectivity index (χ0v) is 15.1. The summed E-state index contributed by atoms with van der Waals surface area (Å²) in [6.07, 6.45) is 4.54. The van der Waals surface area contributed by atoms with Gasteiger partial charge in [-0.15, -0.1) is 24.0 Å². The number of halogens is 1. The van der Waals surface area contributed by atoms with Crippen LogP contribution >= 0.6 is 24.0 Å². The van der Waals surface area contributed by atoms with Crippen LogP contribution in [0, 0.1) is 0 Å². The van der Waals surface area contributed by atoms with E-state index in [9.17, 15) is 0 Å². The second kappa shape index (κ2) is 9.96. The molecular weight excluding hydrogens is 369 g/mol. The number of rotatable bonds is 7. The molecule has 0 heterocycles. The minimum atomic E-state index is 0. The van der Waals surface area contributed by atoms with Crippen molar-refractivity contribution in [3.63, 3.8) is 0 Å². The molecule has 21 heavy (non-hydrogen) atoms. The van der Waals surface area contributed by atoms with Crippen molar-refractivity contribution < 1.29 is 0 Å². The highest BCUT2D eigenvalue weighted by Gasteiger charge is 2.13. The molecule has 2 aromatic rings. The zero-order chi connectivity index (χ0) is 14.2. The van der Waals surface area contributed by atoms with Gasteiger partial charge in [0.05, 0.1) is 0 Å². The fourth-order valence-electron chi connectivity index (χ4n) is 2.68. The molecule has 2 rings (SSSR count). The molecule has 0 saturated carbocycles. The minimum Gasteiger partial charge on any atom is -0.328 e. The van der Waals surface area contributed by atoms with E-state index in [0.29, 0.717) is 12.0 Å². The molecule has 0 fully saturated rings. The molecule has 2 heteroatoms. The first kappa shape index (κ1) is 18.2. The molecule has 1 unspecified atom stereocenters. The van der Waals surface area contributed by atoms with Gasteiger partial charge in [0.25, 0.3) is 0 Å². The van der Waals surface area contributed by atoms with Gasteiger partial charge in [-0.25, -0.2) is 0 Å². The maximum atomic E-state index is 6.04. The maximum Gasteiger partial charge on any atom is 0.00893 e. The summed E-state index contributed by atoms with van der Waals surface area (Å²) in [5, 5.41) is 0. The molecular formula is C19H26IN. The Morgan fingerprint density at radius 2 is 1.29 bits per heavy atom. The number of nitrogens with two attached hydrogens (primary N) is 1. The first-order chi connectivity index (χ1) is 9.81. The van der Waals surface area contributed by atoms with Gasteiger partial charge in [-0.05, 0) is 30.4 Å². The molecule has 114 valence electrons. The van der Waals surface area contributed by atoms with Gasteiger partial charge in [-0.2, -0.15) is 0 Å². The molecule has 2 aromatic carbocycles. The number of hydrogen-bond acceptors (Lipinski definition) is 1. The molecule has 0 radical (unpaired) electrons. The zero-order valence-electron chi connectivity index (χ0n) is 12.7. The summed E-state index contributed by atoms with van der Waals surface area (Å²) in [5.74, 6) is 0.487. The predicted octanol–water partition coefficient (Wildman–Crippen LogP) is 5.34. The van der Waals surface area contributed by atoms with E-state index in [2.05, 4.69) is 67.6 Å². The van der Waals surface area contributed by atoms with Crippen LogP contribution in [0.4, 0.5) is 0 Å². The van der Waals surface area contributed by atoms with E-state index in [4.69, 9.17) is 5.73 Å². The SMILES string of the molecule is CCC(N)CCCC(c1ccccc1)c1ccccc1.I. The van der Waals surface area contributed by atoms with Crippen molar-refractivity contribution in [3.8, 4) is 0 Å². The van der Waals surface area contributed by atoms with Gasteiger partial charge in [0, 0.05) is 12.0 Å². The highest BCUT2D eigenvalue weighted by atomic mass is 127. The lowest BCUT2D eigenvalue weighted by atomic mass is 9.86. The molecule has 0 aromatic heterocycles. The summed E-state index contributed by atoms with van der Waals surface area (Å²) in [4.78, 5) is 0. The Hall–Kier alpha value is -0.870. The van der Waals surface area contributed by atoms with Crippen LogP contribution in [0.15, 0.2) is 60.7 Å². The Labute approximate surface area is 146 Å². The van der Waals surface area contributed by atoms with E-state index in [1.54, 1.807) is 0 Å². The number of hydrogen-bond donors (Lipinski definition) is 1. The molecule has 0 saturated heterocycles. The van der Waals surface area contributed by atoms with Crippen molar-refractivity contribution in [1.82, 2.24) is 0 Å². The van der Waals surface area contributed by atoms with E-state index in [0.717, 1.165) is 12.8 Å². The third kappa shape index (κ3) is 5.79. The van der Waals surface area contributed by atoms with Gasteiger partial charge in [0.1, 0.15) is 0 Å². The molecule has 0 bridgehead atoms. The molecule has 0 aliphatic carbocycles. The van der Waals surface area contributed by atoms with Crippen molar-refractivity contribution in [2.75, 3.05) is 0 Å². The second-order valence-corrected chi connectivity index (χ2v) is 5.47. The lowest BCUT2D eigenvalue weighted by Gasteiger charge is -2.19. The largest absolute Gasteiger partial charge is 0.328 e. The average molecular weight is 395 g/mol. The van der Waals surface area contributed by atoms with Crippen molar-refractivity contribution in [3.05, 3.63) is 71.8 Å². The lowest BCUT2D eigenvalue weighted by molar-refractivity contribution is 0.534. The fourth-order valence-corrected chi connectivity index (χ4v) is 2.68. The summed E-state index contributed by atoms with van der Waals surface area (Å²) >= 11 is 0. The van der Waals surface area contributed by atoms with Crippen LogP contribution in [0.3, 0.4) is 0 Å². The molecule has 0 aliphatic heterocycles. The Bertz CT molecular complexity index is 444. The summed E-state index contributed by atoms with van der Waals surface area (Å²) in [6, 6.07) is 22.0. The molecule has 0 amide bonds. The topological polar surface area (TPSA) is 26.0 Å². The normalized spacial score (nSPS) is 12.0. The summed E-state index contributed by atoms with van der Waals surface area (Å²) in [7, 11) is 0. The molecule has 2 N–H and O–H groups in total. The summed E-state index contributed by atoms with van der Waals surface area (Å²) in [6.45, 7) is 2.16. The summed E-state index contributed by atoms with van der Waals surface area (Å²) in [5.41, 5.74) is 8.85. The Balaban J connectivity index is 0.00000220. The highest BCUT2D eigenvalue weighted by Crippen LogP contribution is 2.29. The van der Waals surface area contributed by atoms with Crippen LogP contribution < -0.4 is 5.73 Å². The first-order valence-corrected chi connectivity index (χ1v) is 7.66. The average Bonchev–Trinajstić information content (AvgIpc) is 2.53. The Kier molecular flexibility index (Phi) is 8.62. The molecule has 0 spiro atoms. The highest BCUT2D eigenvalue weighted by molar-refractivity contribution is 14.0. The quantitative estimate of drug-likeness (QED) is 0.629. The van der Waals surface area contributed by atoms with Crippen LogP contribution in [0.5, 0.6) is 0 Å². The van der Waals surface area contributed by atoms with Crippen LogP contribution in [0.1, 0.15) is 49.7 Å². The Morgan fingerprint density at radius 1 is 0.810 bits per heavy atom. The van der Waals surface area contributed by atoms with Crippen molar-refractivity contribution in [2.24, 2.45) is 5.73 Å². The van der Waals surface area contributed by atoms with Crippen LogP contribution in [0.2, 0.25) is 0 Å². The summed E-state index contributed by atoms with van der Waals surface area (Å²) < 4.78 is 0. The fraction of sp³-hybridized carbons (Fsp3) is 0.368. The van der Waals surface area contributed by atoms with Gasteiger partial charge in [0.2, 0.25) is 0 Å². The predicted molar refractivity (Wildman–Crippen MR) is 102 cm³/mol. The standard InChI is InChI=1S/C19H25N.HI/c1-2-18(20)14-9-15-19(16-10-5-3-6-11-16)17-12-7-4-8-13-17;/h3-8,10-13,18-19H,2,9,14-15,20H2,1H3;1H. The third-order valence-electron chi connectivity index (χ3n) is 4.00. The van der Waals surface area contributed by atoms with Gasteiger partial charge >= 0.3 is 0 Å². The van der Waals surface area contributed by atoms with Gasteiger partial charge in [0.15, 0.2) is 0 Å². The van der Waals surface area contributed by atoms with Gasteiger partial charge in [-0.3, -0.25) is 0 Å². The van der Waals surface area contributed by atoms with Crippen LogP contribution in [-0.4, -0.2) is 6.04 Å². The molecule has 1 atom stereocenters. The maximum absolute atomic E-state index is 6.04. The van der Waals surface area contributed by atoms with E-state index in [1.165, 1.54) is 24.0 Å². The van der Waals surface area contributed by atoms with Gasteiger partial charge in [-0.1, -0.05) is 74.0 Å². The van der Waals surface area contributed by atoms with E-state index < -0.39 is 0 Å². The first-order valence-electron chi connectivity index (χ1n) is 7.66. The van der Waals surface area contributed by atoms with E-state index in [1.807, 2.05) is 0 Å². The smallest absolute Gasteiger partial charge is 0.00893 e. The van der Waals surface area contributed by atoms with Crippen molar-refractivity contribution >= 4 is 24.0 Å². The molecule has 0 aliphatic rings. The monoisotopic (exact) mass is 395 g/mol. The lowest BCUT2D eigenvalue weighted by Crippen LogP contribution is -2.18. The van der Waals surface area contributed by atoms with Crippen molar-refractivity contribution in [2.45, 2.75) is 44.6 Å².